The number of nitrogens with zero attached hydrogens (tertiary/aromatic N) is 1. The summed E-state index contributed by atoms with van der Waals surface area (Å²) in [5.74, 6) is -0.472. The zero-order valence-corrected chi connectivity index (χ0v) is 15.4. The molecule has 0 fully saturated rings. The van der Waals surface area contributed by atoms with Crippen LogP contribution in [0.25, 0.3) is 0 Å². The first-order valence-electron chi connectivity index (χ1n) is 8.72. The predicted molar refractivity (Wildman–Crippen MR) is 99.7 cm³/mol. The molecule has 138 valence electrons. The van der Waals surface area contributed by atoms with Gasteiger partial charge in [0.25, 0.3) is 0 Å². The third-order valence-corrected chi connectivity index (χ3v) is 4.03. The van der Waals surface area contributed by atoms with Gasteiger partial charge in [-0.1, -0.05) is 56.3 Å². The van der Waals surface area contributed by atoms with Gasteiger partial charge in [0.1, 0.15) is 11.9 Å². The highest BCUT2D eigenvalue weighted by atomic mass is 19.1. The number of carbonyl (C=O) groups is 2. The smallest absolute Gasteiger partial charge is 0.247 e. The predicted octanol–water partition coefficient (Wildman–Crippen LogP) is 3.69. The van der Waals surface area contributed by atoms with E-state index in [4.69, 9.17) is 0 Å². The summed E-state index contributed by atoms with van der Waals surface area (Å²) in [4.78, 5) is 26.7. The molecule has 0 bridgehead atoms. The Bertz CT molecular complexity index is 729. The summed E-state index contributed by atoms with van der Waals surface area (Å²) in [7, 11) is 0. The fourth-order valence-corrected chi connectivity index (χ4v) is 2.68. The van der Waals surface area contributed by atoms with Crippen LogP contribution in [0.2, 0.25) is 0 Å². The number of carbonyl (C=O) groups excluding carboxylic acids is 2. The normalized spacial score (nSPS) is 11.9. The van der Waals surface area contributed by atoms with Crippen LogP contribution in [-0.2, 0) is 16.1 Å². The zero-order valence-electron chi connectivity index (χ0n) is 15.4. The van der Waals surface area contributed by atoms with Crippen molar-refractivity contribution < 1.29 is 14.0 Å². The summed E-state index contributed by atoms with van der Waals surface area (Å²) in [6.45, 7) is 6.22. The molecule has 2 aromatic rings. The van der Waals surface area contributed by atoms with Crippen molar-refractivity contribution >= 4 is 11.8 Å². The molecule has 0 heterocycles. The molecule has 1 unspecified atom stereocenters. The lowest BCUT2D eigenvalue weighted by Crippen LogP contribution is -2.43. The van der Waals surface area contributed by atoms with E-state index in [1.165, 1.54) is 24.0 Å². The second-order valence-electron chi connectivity index (χ2n) is 6.73. The monoisotopic (exact) mass is 356 g/mol. The van der Waals surface area contributed by atoms with Gasteiger partial charge in [-0.05, 0) is 29.2 Å². The van der Waals surface area contributed by atoms with Crippen molar-refractivity contribution in [3.8, 4) is 0 Å². The maximum absolute atomic E-state index is 13.2. The fraction of sp³-hybridized carbons (Fsp3) is 0.333. The summed E-state index contributed by atoms with van der Waals surface area (Å²) < 4.78 is 13.2. The minimum Gasteiger partial charge on any atom is -0.354 e. The molecule has 0 saturated carbocycles. The molecule has 0 aliphatic carbocycles. The molecule has 2 amide bonds. The molecule has 1 N–H and O–H groups in total. The molecule has 0 radical (unpaired) electrons. The Kier molecular flexibility index (Phi) is 6.89. The second kappa shape index (κ2) is 9.13. The third-order valence-electron chi connectivity index (χ3n) is 4.03. The number of amides is 2. The van der Waals surface area contributed by atoms with Crippen molar-refractivity contribution in [2.75, 3.05) is 6.54 Å². The lowest BCUT2D eigenvalue weighted by Gasteiger charge is -2.31. The summed E-state index contributed by atoms with van der Waals surface area (Å²) >= 11 is 0. The molecule has 0 spiro atoms. The van der Waals surface area contributed by atoms with Gasteiger partial charge in [-0.25, -0.2) is 4.39 Å². The standard InChI is InChI=1S/C21H25FN2O2/c1-15(2)13-23-21(26)20(18-7-5-4-6-8-18)24(16(3)25)14-17-9-11-19(22)12-10-17/h4-12,15,20H,13-14H2,1-3H3,(H,23,26). The summed E-state index contributed by atoms with van der Waals surface area (Å²) in [5, 5.41) is 2.92. The van der Waals surface area contributed by atoms with Crippen molar-refractivity contribution in [3.05, 3.63) is 71.5 Å². The Morgan fingerprint density at radius 1 is 1.04 bits per heavy atom. The van der Waals surface area contributed by atoms with Crippen LogP contribution in [0.3, 0.4) is 0 Å². The van der Waals surface area contributed by atoms with Crippen molar-refractivity contribution in [1.29, 1.82) is 0 Å². The third kappa shape index (κ3) is 5.41. The van der Waals surface area contributed by atoms with Crippen LogP contribution in [0, 0.1) is 11.7 Å². The minimum atomic E-state index is -0.738. The van der Waals surface area contributed by atoms with E-state index in [0.29, 0.717) is 12.5 Å². The molecule has 0 aliphatic rings. The minimum absolute atomic E-state index is 0.220. The highest BCUT2D eigenvalue weighted by Crippen LogP contribution is 2.24. The van der Waals surface area contributed by atoms with Gasteiger partial charge < -0.3 is 10.2 Å². The van der Waals surface area contributed by atoms with Crippen LogP contribution >= 0.6 is 0 Å². The van der Waals surface area contributed by atoms with Crippen LogP contribution < -0.4 is 5.32 Å². The second-order valence-corrected chi connectivity index (χ2v) is 6.73. The quantitative estimate of drug-likeness (QED) is 0.823. The van der Waals surface area contributed by atoms with Gasteiger partial charge in [-0.15, -0.1) is 0 Å². The number of nitrogens with one attached hydrogen (secondary N) is 1. The maximum atomic E-state index is 13.2. The zero-order chi connectivity index (χ0) is 19.1. The van der Waals surface area contributed by atoms with Gasteiger partial charge in [-0.2, -0.15) is 0 Å². The van der Waals surface area contributed by atoms with Crippen molar-refractivity contribution in [2.45, 2.75) is 33.4 Å². The van der Waals surface area contributed by atoms with Crippen LogP contribution in [-0.4, -0.2) is 23.3 Å². The Labute approximate surface area is 154 Å². The van der Waals surface area contributed by atoms with E-state index in [9.17, 15) is 14.0 Å². The fourth-order valence-electron chi connectivity index (χ4n) is 2.68. The molecule has 0 saturated heterocycles. The first kappa shape index (κ1) is 19.6. The van der Waals surface area contributed by atoms with Crippen molar-refractivity contribution in [3.63, 3.8) is 0 Å². The highest BCUT2D eigenvalue weighted by molar-refractivity contribution is 5.88. The number of benzene rings is 2. The summed E-state index contributed by atoms with van der Waals surface area (Å²) in [6.07, 6.45) is 0. The molecular weight excluding hydrogens is 331 g/mol. The van der Waals surface area contributed by atoms with Crippen LogP contribution in [0.15, 0.2) is 54.6 Å². The Hall–Kier alpha value is -2.69. The van der Waals surface area contributed by atoms with Crippen molar-refractivity contribution in [1.82, 2.24) is 10.2 Å². The Morgan fingerprint density at radius 3 is 2.19 bits per heavy atom. The number of halogens is 1. The highest BCUT2D eigenvalue weighted by Gasteiger charge is 2.29. The Balaban J connectivity index is 2.33. The first-order valence-corrected chi connectivity index (χ1v) is 8.72. The van der Waals surface area contributed by atoms with Gasteiger partial charge in [0, 0.05) is 20.0 Å². The van der Waals surface area contributed by atoms with Crippen LogP contribution in [0.5, 0.6) is 0 Å². The summed E-state index contributed by atoms with van der Waals surface area (Å²) in [5.41, 5.74) is 1.50. The van der Waals surface area contributed by atoms with Gasteiger partial charge in [-0.3, -0.25) is 9.59 Å². The number of hydrogen-bond acceptors (Lipinski definition) is 2. The lowest BCUT2D eigenvalue weighted by molar-refractivity contribution is -0.140. The van der Waals surface area contributed by atoms with Gasteiger partial charge in [0.05, 0.1) is 0 Å². The van der Waals surface area contributed by atoms with E-state index in [0.717, 1.165) is 11.1 Å². The lowest BCUT2D eigenvalue weighted by atomic mass is 10.0. The maximum Gasteiger partial charge on any atom is 0.247 e. The van der Waals surface area contributed by atoms with Gasteiger partial charge in [0.2, 0.25) is 11.8 Å². The average molecular weight is 356 g/mol. The van der Waals surface area contributed by atoms with E-state index in [-0.39, 0.29) is 24.2 Å². The SMILES string of the molecule is CC(=O)N(Cc1ccc(F)cc1)C(C(=O)NCC(C)C)c1ccccc1. The molecule has 4 nitrogen and oxygen atoms in total. The molecule has 2 rings (SSSR count). The molecule has 0 aromatic heterocycles. The number of hydrogen-bond donors (Lipinski definition) is 1. The van der Waals surface area contributed by atoms with Crippen molar-refractivity contribution in [2.24, 2.45) is 5.92 Å². The molecule has 2 aromatic carbocycles. The molecule has 26 heavy (non-hydrogen) atoms. The van der Waals surface area contributed by atoms with E-state index >= 15 is 0 Å². The topological polar surface area (TPSA) is 49.4 Å². The molecule has 5 heteroatoms. The van der Waals surface area contributed by atoms with Gasteiger partial charge in [0.15, 0.2) is 0 Å². The van der Waals surface area contributed by atoms with E-state index in [2.05, 4.69) is 5.32 Å². The van der Waals surface area contributed by atoms with E-state index in [1.54, 1.807) is 12.1 Å². The van der Waals surface area contributed by atoms with E-state index < -0.39 is 6.04 Å². The molecular formula is C21H25FN2O2. The molecule has 1 atom stereocenters. The van der Waals surface area contributed by atoms with E-state index in [1.807, 2.05) is 44.2 Å². The largest absolute Gasteiger partial charge is 0.354 e. The van der Waals surface area contributed by atoms with Gasteiger partial charge >= 0.3 is 0 Å². The Morgan fingerprint density at radius 2 is 1.65 bits per heavy atom. The molecule has 0 aliphatic heterocycles. The van der Waals surface area contributed by atoms with Crippen LogP contribution in [0.4, 0.5) is 4.39 Å². The van der Waals surface area contributed by atoms with Crippen LogP contribution in [0.1, 0.15) is 37.9 Å². The summed E-state index contributed by atoms with van der Waals surface area (Å²) in [6, 6.07) is 14.4. The average Bonchev–Trinajstić information content (AvgIpc) is 2.62. The first-order chi connectivity index (χ1) is 12.4. The number of rotatable bonds is 7.